The van der Waals surface area contributed by atoms with Crippen molar-refractivity contribution in [1.82, 2.24) is 0 Å². The number of aryl methyl sites for hydroxylation is 1. The zero-order valence-corrected chi connectivity index (χ0v) is 10.9. The molecule has 0 spiro atoms. The zero-order valence-electron chi connectivity index (χ0n) is 10.9. The summed E-state index contributed by atoms with van der Waals surface area (Å²) in [5.41, 5.74) is 1.89. The molecule has 19 heavy (non-hydrogen) atoms. The fourth-order valence-corrected chi connectivity index (χ4v) is 1.86. The minimum Gasteiger partial charge on any atom is -0.469 e. The van der Waals surface area contributed by atoms with E-state index in [9.17, 15) is 4.79 Å². The molecule has 0 aliphatic rings. The summed E-state index contributed by atoms with van der Waals surface area (Å²) < 4.78 is 5.27. The highest BCUT2D eigenvalue weighted by Gasteiger charge is 2.18. The summed E-state index contributed by atoms with van der Waals surface area (Å²) in [4.78, 5) is 13.9. The van der Waals surface area contributed by atoms with Crippen molar-refractivity contribution in [2.45, 2.75) is 13.3 Å². The Labute approximate surface area is 111 Å². The van der Waals surface area contributed by atoms with Crippen LogP contribution in [-0.2, 0) is 6.42 Å². The molecule has 0 aliphatic heterocycles. The molecule has 0 saturated carbocycles. The third-order valence-electron chi connectivity index (χ3n) is 2.99. The summed E-state index contributed by atoms with van der Waals surface area (Å²) in [5.74, 6) is 0.570. The number of hydrogen-bond acceptors (Lipinski definition) is 3. The third kappa shape index (κ3) is 2.50. The van der Waals surface area contributed by atoms with Gasteiger partial charge in [0.15, 0.2) is 0 Å². The molecular formula is C15H14N2O2. The van der Waals surface area contributed by atoms with Gasteiger partial charge in [-0.15, -0.1) is 0 Å². The Morgan fingerprint density at radius 2 is 2.00 bits per heavy atom. The number of hydrogen-bond donors (Lipinski definition) is 0. The number of furan rings is 1. The molecular weight excluding hydrogens is 240 g/mol. The first-order valence-electron chi connectivity index (χ1n) is 6.02. The van der Waals surface area contributed by atoms with Crippen LogP contribution in [0.5, 0.6) is 0 Å². The fourth-order valence-electron chi connectivity index (χ4n) is 1.86. The van der Waals surface area contributed by atoms with Crippen molar-refractivity contribution >= 4 is 11.6 Å². The van der Waals surface area contributed by atoms with E-state index in [1.165, 1.54) is 6.26 Å². The van der Waals surface area contributed by atoms with Crippen LogP contribution in [-0.4, -0.2) is 13.0 Å². The minimum atomic E-state index is -0.115. The average molecular weight is 254 g/mol. The SMILES string of the molecule is CCc1occc1C(=O)N(C)c1ccc(C#N)cc1. The van der Waals surface area contributed by atoms with E-state index >= 15 is 0 Å². The van der Waals surface area contributed by atoms with E-state index in [0.717, 1.165) is 5.69 Å². The number of benzene rings is 1. The molecule has 2 aromatic rings. The van der Waals surface area contributed by atoms with Crippen molar-refractivity contribution in [1.29, 1.82) is 5.26 Å². The lowest BCUT2D eigenvalue weighted by molar-refractivity contribution is 0.0991. The number of nitrogens with zero attached hydrogens (tertiary/aromatic N) is 2. The van der Waals surface area contributed by atoms with Crippen molar-refractivity contribution in [3.63, 3.8) is 0 Å². The maximum absolute atomic E-state index is 12.3. The lowest BCUT2D eigenvalue weighted by atomic mass is 10.1. The van der Waals surface area contributed by atoms with E-state index in [2.05, 4.69) is 0 Å². The molecule has 0 radical (unpaired) electrons. The molecule has 1 heterocycles. The van der Waals surface area contributed by atoms with Gasteiger partial charge in [0, 0.05) is 19.2 Å². The Kier molecular flexibility index (Phi) is 3.67. The van der Waals surface area contributed by atoms with Crippen molar-refractivity contribution in [2.75, 3.05) is 11.9 Å². The van der Waals surface area contributed by atoms with Crippen LogP contribution in [0.2, 0.25) is 0 Å². The van der Waals surface area contributed by atoms with E-state index in [4.69, 9.17) is 9.68 Å². The third-order valence-corrected chi connectivity index (χ3v) is 2.99. The molecule has 4 heteroatoms. The standard InChI is InChI=1S/C15H14N2O2/c1-3-14-13(8-9-19-14)15(18)17(2)12-6-4-11(10-16)5-7-12/h4-9H,3H2,1-2H3. The molecule has 96 valence electrons. The van der Waals surface area contributed by atoms with Crippen LogP contribution in [0.3, 0.4) is 0 Å². The maximum atomic E-state index is 12.3. The molecule has 0 aliphatic carbocycles. The highest BCUT2D eigenvalue weighted by molar-refractivity contribution is 6.06. The van der Waals surface area contributed by atoms with Gasteiger partial charge in [-0.3, -0.25) is 4.79 Å². The monoisotopic (exact) mass is 254 g/mol. The number of rotatable bonds is 3. The van der Waals surface area contributed by atoms with Gasteiger partial charge in [0.05, 0.1) is 23.5 Å². The highest BCUT2D eigenvalue weighted by Crippen LogP contribution is 2.19. The van der Waals surface area contributed by atoms with Crippen molar-refractivity contribution in [3.8, 4) is 6.07 Å². The largest absolute Gasteiger partial charge is 0.469 e. The number of carbonyl (C=O) groups is 1. The van der Waals surface area contributed by atoms with Crippen molar-refractivity contribution < 1.29 is 9.21 Å². The van der Waals surface area contributed by atoms with Crippen LogP contribution in [0.4, 0.5) is 5.69 Å². The quantitative estimate of drug-likeness (QED) is 0.846. The lowest BCUT2D eigenvalue weighted by Crippen LogP contribution is -2.26. The average Bonchev–Trinajstić information content (AvgIpc) is 2.94. The van der Waals surface area contributed by atoms with Gasteiger partial charge in [0.2, 0.25) is 0 Å². The van der Waals surface area contributed by atoms with E-state index in [-0.39, 0.29) is 5.91 Å². The Bertz CT molecular complexity index is 620. The summed E-state index contributed by atoms with van der Waals surface area (Å²) in [6.45, 7) is 1.94. The second-order valence-electron chi connectivity index (χ2n) is 4.13. The first kappa shape index (κ1) is 12.9. The van der Waals surface area contributed by atoms with Gasteiger partial charge in [-0.05, 0) is 30.3 Å². The molecule has 0 unspecified atom stereocenters. The molecule has 4 nitrogen and oxygen atoms in total. The number of carbonyl (C=O) groups excluding carboxylic acids is 1. The number of nitriles is 1. The molecule has 2 rings (SSSR count). The van der Waals surface area contributed by atoms with E-state index < -0.39 is 0 Å². The Morgan fingerprint density at radius 1 is 1.32 bits per heavy atom. The van der Waals surface area contributed by atoms with Crippen LogP contribution < -0.4 is 4.90 Å². The Morgan fingerprint density at radius 3 is 2.58 bits per heavy atom. The lowest BCUT2D eigenvalue weighted by Gasteiger charge is -2.17. The Balaban J connectivity index is 2.26. The van der Waals surface area contributed by atoms with Gasteiger partial charge in [0.1, 0.15) is 5.76 Å². The van der Waals surface area contributed by atoms with E-state index in [1.807, 2.05) is 13.0 Å². The van der Waals surface area contributed by atoms with Crippen LogP contribution in [0.25, 0.3) is 0 Å². The summed E-state index contributed by atoms with van der Waals surface area (Å²) >= 11 is 0. The number of anilines is 1. The predicted octanol–water partition coefficient (Wildman–Crippen LogP) is 2.99. The second kappa shape index (κ2) is 5.40. The van der Waals surface area contributed by atoms with Gasteiger partial charge in [-0.2, -0.15) is 5.26 Å². The number of amides is 1. The van der Waals surface area contributed by atoms with Gasteiger partial charge in [-0.25, -0.2) is 0 Å². The molecule has 0 N–H and O–H groups in total. The summed E-state index contributed by atoms with van der Waals surface area (Å²) in [6.07, 6.45) is 2.20. The summed E-state index contributed by atoms with van der Waals surface area (Å²) in [6, 6.07) is 10.6. The smallest absolute Gasteiger partial charge is 0.261 e. The second-order valence-corrected chi connectivity index (χ2v) is 4.13. The van der Waals surface area contributed by atoms with Gasteiger partial charge in [0.25, 0.3) is 5.91 Å². The first-order valence-corrected chi connectivity index (χ1v) is 6.02. The summed E-state index contributed by atoms with van der Waals surface area (Å²) in [7, 11) is 1.70. The van der Waals surface area contributed by atoms with Crippen molar-refractivity contribution in [3.05, 3.63) is 53.5 Å². The molecule has 1 amide bonds. The van der Waals surface area contributed by atoms with Gasteiger partial charge < -0.3 is 9.32 Å². The molecule has 0 atom stereocenters. The van der Waals surface area contributed by atoms with Gasteiger partial charge >= 0.3 is 0 Å². The molecule has 0 bridgehead atoms. The van der Waals surface area contributed by atoms with Crippen LogP contribution in [0.15, 0.2) is 41.0 Å². The fraction of sp³-hybridized carbons (Fsp3) is 0.200. The van der Waals surface area contributed by atoms with E-state index in [1.54, 1.807) is 42.3 Å². The summed E-state index contributed by atoms with van der Waals surface area (Å²) in [5, 5.41) is 8.75. The van der Waals surface area contributed by atoms with Gasteiger partial charge in [-0.1, -0.05) is 6.92 Å². The maximum Gasteiger partial charge on any atom is 0.261 e. The first-order chi connectivity index (χ1) is 9.17. The molecule has 1 aromatic heterocycles. The van der Waals surface area contributed by atoms with Crippen LogP contribution in [0.1, 0.15) is 28.6 Å². The van der Waals surface area contributed by atoms with Crippen LogP contribution in [0, 0.1) is 11.3 Å². The predicted molar refractivity (Wildman–Crippen MR) is 72.0 cm³/mol. The van der Waals surface area contributed by atoms with Crippen molar-refractivity contribution in [2.24, 2.45) is 0 Å². The minimum absolute atomic E-state index is 0.115. The molecule has 0 fully saturated rings. The Hall–Kier alpha value is -2.54. The topological polar surface area (TPSA) is 57.2 Å². The normalized spacial score (nSPS) is 9.95. The zero-order chi connectivity index (χ0) is 13.8. The van der Waals surface area contributed by atoms with Crippen LogP contribution >= 0.6 is 0 Å². The molecule has 1 aromatic carbocycles. The molecule has 0 saturated heterocycles. The highest BCUT2D eigenvalue weighted by atomic mass is 16.3. The van der Waals surface area contributed by atoms with E-state index in [0.29, 0.717) is 23.3 Å².